The Balaban J connectivity index is 1.93. The summed E-state index contributed by atoms with van der Waals surface area (Å²) in [5.41, 5.74) is 7.13. The zero-order valence-electron chi connectivity index (χ0n) is 13.5. The van der Waals surface area contributed by atoms with E-state index >= 15 is 0 Å². The topological polar surface area (TPSA) is 35.0 Å². The summed E-state index contributed by atoms with van der Waals surface area (Å²) in [6, 6.07) is 15.1. The van der Waals surface area contributed by atoms with E-state index in [1.54, 1.807) is 19.5 Å². The van der Waals surface area contributed by atoms with Crippen molar-refractivity contribution in [1.29, 1.82) is 0 Å². The van der Waals surface area contributed by atoms with Gasteiger partial charge in [-0.1, -0.05) is 50.2 Å². The summed E-state index contributed by atoms with van der Waals surface area (Å²) in [6.07, 6.45) is 3.35. The van der Waals surface area contributed by atoms with E-state index in [0.29, 0.717) is 5.88 Å². The molecule has 0 bridgehead atoms. The fourth-order valence-electron chi connectivity index (χ4n) is 3.52. The molecule has 0 unspecified atom stereocenters. The summed E-state index contributed by atoms with van der Waals surface area (Å²) in [4.78, 5) is 8.71. The molecular weight excluding hydrogens is 284 g/mol. The van der Waals surface area contributed by atoms with Gasteiger partial charge in [-0.3, -0.25) is 0 Å². The van der Waals surface area contributed by atoms with Crippen LogP contribution in [-0.2, 0) is 5.41 Å². The third kappa shape index (κ3) is 1.96. The molecule has 4 rings (SSSR count). The highest BCUT2D eigenvalue weighted by molar-refractivity contribution is 5.83. The zero-order chi connectivity index (χ0) is 16.0. The Morgan fingerprint density at radius 3 is 2.43 bits per heavy atom. The third-order valence-corrected chi connectivity index (χ3v) is 4.71. The van der Waals surface area contributed by atoms with Crippen LogP contribution in [-0.4, -0.2) is 17.1 Å². The second-order valence-corrected chi connectivity index (χ2v) is 6.35. The van der Waals surface area contributed by atoms with E-state index in [9.17, 15) is 0 Å². The fourth-order valence-corrected chi connectivity index (χ4v) is 3.52. The lowest BCUT2D eigenvalue weighted by atomic mass is 9.82. The second-order valence-electron chi connectivity index (χ2n) is 6.35. The van der Waals surface area contributed by atoms with Gasteiger partial charge in [0.2, 0.25) is 5.88 Å². The Labute approximate surface area is 136 Å². The minimum absolute atomic E-state index is 0.0165. The van der Waals surface area contributed by atoms with Crippen molar-refractivity contribution in [3.05, 3.63) is 66.0 Å². The molecule has 23 heavy (non-hydrogen) atoms. The molecule has 0 amide bonds. The zero-order valence-corrected chi connectivity index (χ0v) is 13.5. The number of hydrogen-bond donors (Lipinski definition) is 0. The minimum Gasteiger partial charge on any atom is -0.479 e. The van der Waals surface area contributed by atoms with Crippen LogP contribution in [0.2, 0.25) is 0 Å². The van der Waals surface area contributed by atoms with E-state index in [1.165, 1.54) is 22.3 Å². The minimum atomic E-state index is -0.0165. The molecule has 114 valence electrons. The molecule has 0 radical (unpaired) electrons. The molecule has 0 spiro atoms. The molecule has 0 fully saturated rings. The lowest BCUT2D eigenvalue weighted by Crippen LogP contribution is -2.15. The lowest BCUT2D eigenvalue weighted by Gasteiger charge is -2.22. The van der Waals surface area contributed by atoms with Crippen LogP contribution in [0.3, 0.4) is 0 Å². The molecule has 1 heterocycles. The first-order valence-corrected chi connectivity index (χ1v) is 7.72. The van der Waals surface area contributed by atoms with E-state index in [-0.39, 0.29) is 5.41 Å². The molecule has 1 aliphatic rings. The van der Waals surface area contributed by atoms with Crippen LogP contribution in [0.1, 0.15) is 25.0 Å². The van der Waals surface area contributed by atoms with E-state index in [1.807, 2.05) is 0 Å². The molecule has 0 saturated heterocycles. The Morgan fingerprint density at radius 1 is 0.870 bits per heavy atom. The summed E-state index contributed by atoms with van der Waals surface area (Å²) >= 11 is 0. The molecule has 3 nitrogen and oxygen atoms in total. The quantitative estimate of drug-likeness (QED) is 0.701. The van der Waals surface area contributed by atoms with Gasteiger partial charge in [0.05, 0.1) is 7.11 Å². The number of nitrogens with zero attached hydrogens (tertiary/aromatic N) is 2. The number of aromatic nitrogens is 2. The highest BCUT2D eigenvalue weighted by atomic mass is 16.5. The number of hydrogen-bond acceptors (Lipinski definition) is 3. The number of fused-ring (bicyclic) bond motifs is 3. The van der Waals surface area contributed by atoms with E-state index < -0.39 is 0 Å². The van der Waals surface area contributed by atoms with Gasteiger partial charge in [0.1, 0.15) is 5.69 Å². The fraction of sp³-hybridized carbons (Fsp3) is 0.200. The van der Waals surface area contributed by atoms with Gasteiger partial charge >= 0.3 is 0 Å². The highest BCUT2D eigenvalue weighted by Crippen LogP contribution is 2.49. The van der Waals surface area contributed by atoms with Crippen LogP contribution in [0, 0.1) is 0 Å². The number of benzene rings is 2. The van der Waals surface area contributed by atoms with Crippen molar-refractivity contribution in [3.8, 4) is 28.3 Å². The Kier molecular flexibility index (Phi) is 2.98. The molecule has 3 heteroatoms. The maximum absolute atomic E-state index is 5.36. The first kappa shape index (κ1) is 13.9. The van der Waals surface area contributed by atoms with Crippen LogP contribution >= 0.6 is 0 Å². The van der Waals surface area contributed by atoms with Crippen LogP contribution in [0.15, 0.2) is 54.9 Å². The van der Waals surface area contributed by atoms with E-state index in [0.717, 1.165) is 11.3 Å². The van der Waals surface area contributed by atoms with Gasteiger partial charge in [0.15, 0.2) is 0 Å². The monoisotopic (exact) mass is 302 g/mol. The molecule has 3 aromatic rings. The average molecular weight is 302 g/mol. The van der Waals surface area contributed by atoms with Crippen molar-refractivity contribution in [2.24, 2.45) is 0 Å². The summed E-state index contributed by atoms with van der Waals surface area (Å²) in [5.74, 6) is 0.556. The Bertz CT molecular complexity index is 900. The molecule has 1 aromatic heterocycles. The normalized spacial score (nSPS) is 14.2. The Morgan fingerprint density at radius 2 is 1.61 bits per heavy atom. The largest absolute Gasteiger partial charge is 0.479 e. The van der Waals surface area contributed by atoms with Crippen molar-refractivity contribution in [3.63, 3.8) is 0 Å². The van der Waals surface area contributed by atoms with Gasteiger partial charge in [-0.05, 0) is 28.3 Å². The van der Waals surface area contributed by atoms with Gasteiger partial charge in [-0.2, -0.15) is 0 Å². The summed E-state index contributed by atoms with van der Waals surface area (Å²) < 4.78 is 5.36. The number of methoxy groups -OCH3 is 1. The van der Waals surface area contributed by atoms with Gasteiger partial charge in [-0.15, -0.1) is 0 Å². The predicted molar refractivity (Wildman–Crippen MR) is 91.6 cm³/mol. The first-order valence-electron chi connectivity index (χ1n) is 7.72. The van der Waals surface area contributed by atoms with Crippen LogP contribution in [0.5, 0.6) is 5.88 Å². The predicted octanol–water partition coefficient (Wildman–Crippen LogP) is 4.46. The van der Waals surface area contributed by atoms with Crippen molar-refractivity contribution in [2.45, 2.75) is 19.3 Å². The third-order valence-electron chi connectivity index (χ3n) is 4.71. The van der Waals surface area contributed by atoms with Crippen molar-refractivity contribution >= 4 is 0 Å². The van der Waals surface area contributed by atoms with Gasteiger partial charge < -0.3 is 4.74 Å². The molecule has 1 aliphatic carbocycles. The molecule has 0 atom stereocenters. The molecule has 0 saturated carbocycles. The molecule has 0 aliphatic heterocycles. The SMILES string of the molecule is COc1nccnc1-c1ccc2c(c1)C(C)(C)c1ccccc1-2. The van der Waals surface area contributed by atoms with Crippen LogP contribution in [0.4, 0.5) is 0 Å². The van der Waals surface area contributed by atoms with Crippen molar-refractivity contribution in [2.75, 3.05) is 7.11 Å². The maximum atomic E-state index is 5.36. The van der Waals surface area contributed by atoms with Gasteiger partial charge in [0, 0.05) is 23.4 Å². The highest BCUT2D eigenvalue weighted by Gasteiger charge is 2.35. The molecular formula is C20H18N2O. The van der Waals surface area contributed by atoms with Gasteiger partial charge in [0.25, 0.3) is 0 Å². The number of ether oxygens (including phenoxy) is 1. The van der Waals surface area contributed by atoms with Gasteiger partial charge in [-0.25, -0.2) is 9.97 Å². The lowest BCUT2D eigenvalue weighted by molar-refractivity contribution is 0.398. The van der Waals surface area contributed by atoms with Crippen molar-refractivity contribution < 1.29 is 4.74 Å². The maximum Gasteiger partial charge on any atom is 0.240 e. The van der Waals surface area contributed by atoms with E-state index in [4.69, 9.17) is 4.74 Å². The van der Waals surface area contributed by atoms with Crippen LogP contribution in [0.25, 0.3) is 22.4 Å². The van der Waals surface area contributed by atoms with Crippen LogP contribution < -0.4 is 4.74 Å². The Hall–Kier alpha value is -2.68. The summed E-state index contributed by atoms with van der Waals surface area (Å²) in [6.45, 7) is 4.55. The standard InChI is InChI=1S/C20H18N2O/c1-20(2)16-7-5-4-6-14(16)15-9-8-13(12-17(15)20)18-19(23-3)22-11-10-21-18/h4-12H,1-3H3. The molecule has 0 N–H and O–H groups in total. The smallest absolute Gasteiger partial charge is 0.240 e. The van der Waals surface area contributed by atoms with E-state index in [2.05, 4.69) is 66.3 Å². The summed E-state index contributed by atoms with van der Waals surface area (Å²) in [5, 5.41) is 0. The average Bonchev–Trinajstić information content (AvgIpc) is 2.83. The second kappa shape index (κ2) is 4.92. The van der Waals surface area contributed by atoms with Crippen molar-refractivity contribution in [1.82, 2.24) is 9.97 Å². The number of rotatable bonds is 2. The first-order chi connectivity index (χ1) is 11.1. The summed E-state index contributed by atoms with van der Waals surface area (Å²) in [7, 11) is 1.63. The molecule has 2 aromatic carbocycles.